The summed E-state index contributed by atoms with van der Waals surface area (Å²) in [5.74, 6) is 1.30. The smallest absolute Gasteiger partial charge is 0.196 e. The molecule has 0 aliphatic carbocycles. The number of likely N-dealkylation sites (tertiary alicyclic amines) is 1. The number of nitrogens with zero attached hydrogens (tertiary/aromatic N) is 6. The summed E-state index contributed by atoms with van der Waals surface area (Å²) in [5, 5.41) is 12.7. The van der Waals surface area contributed by atoms with Gasteiger partial charge in [0.05, 0.1) is 17.9 Å². The van der Waals surface area contributed by atoms with E-state index in [1.54, 1.807) is 41.4 Å². The van der Waals surface area contributed by atoms with Crippen LogP contribution in [0.4, 0.5) is 4.39 Å². The fourth-order valence-corrected chi connectivity index (χ4v) is 5.55. The van der Waals surface area contributed by atoms with E-state index in [2.05, 4.69) is 25.5 Å². The van der Waals surface area contributed by atoms with Crippen LogP contribution in [0.2, 0.25) is 0 Å². The Morgan fingerprint density at radius 1 is 1.00 bits per heavy atom. The molecule has 9 heteroatoms. The maximum atomic E-state index is 13.5. The average Bonchev–Trinajstić information content (AvgIpc) is 3.47. The largest absolute Gasteiger partial charge is 0.296 e. The zero-order valence-corrected chi connectivity index (χ0v) is 19.2. The Kier molecular flexibility index (Phi) is 6.56. The van der Waals surface area contributed by atoms with Crippen LogP contribution in [0.1, 0.15) is 30.8 Å². The Labute approximate surface area is 194 Å². The van der Waals surface area contributed by atoms with Gasteiger partial charge in [0.15, 0.2) is 11.0 Å². The van der Waals surface area contributed by atoms with E-state index in [4.69, 9.17) is 4.98 Å². The van der Waals surface area contributed by atoms with Gasteiger partial charge in [-0.1, -0.05) is 24.2 Å². The fraction of sp³-hybridized carbons (Fsp3) is 0.304. The summed E-state index contributed by atoms with van der Waals surface area (Å²) < 4.78 is 15.6. The van der Waals surface area contributed by atoms with Crippen molar-refractivity contribution in [1.82, 2.24) is 29.6 Å². The monoisotopic (exact) mass is 466 g/mol. The van der Waals surface area contributed by atoms with Gasteiger partial charge in [0.1, 0.15) is 10.8 Å². The minimum Gasteiger partial charge on any atom is -0.296 e. The van der Waals surface area contributed by atoms with Crippen LogP contribution in [0.15, 0.2) is 59.2 Å². The molecule has 6 nitrogen and oxygen atoms in total. The summed E-state index contributed by atoms with van der Waals surface area (Å²) in [6.07, 6.45) is 5.50. The van der Waals surface area contributed by atoms with Crippen molar-refractivity contribution in [2.75, 3.05) is 13.1 Å². The summed E-state index contributed by atoms with van der Waals surface area (Å²) >= 11 is 3.18. The molecule has 3 aromatic heterocycles. The van der Waals surface area contributed by atoms with Crippen LogP contribution in [-0.4, -0.2) is 42.7 Å². The Hall–Kier alpha value is -2.62. The third-order valence-electron chi connectivity index (χ3n) is 5.38. The van der Waals surface area contributed by atoms with Crippen molar-refractivity contribution in [2.24, 2.45) is 0 Å². The van der Waals surface area contributed by atoms with E-state index in [0.717, 1.165) is 52.7 Å². The molecule has 0 N–H and O–H groups in total. The molecule has 0 radical (unpaired) electrons. The molecule has 164 valence electrons. The number of benzene rings is 1. The summed E-state index contributed by atoms with van der Waals surface area (Å²) in [4.78, 5) is 11.5. The van der Waals surface area contributed by atoms with E-state index < -0.39 is 0 Å². The number of thiazole rings is 1. The number of piperidine rings is 1. The highest BCUT2D eigenvalue weighted by Gasteiger charge is 2.19. The van der Waals surface area contributed by atoms with Crippen LogP contribution in [0.5, 0.6) is 0 Å². The molecular weight excluding hydrogens is 443 g/mol. The molecular formula is C23H23FN6S2. The van der Waals surface area contributed by atoms with Crippen LogP contribution in [0.3, 0.4) is 0 Å². The molecule has 4 aromatic rings. The van der Waals surface area contributed by atoms with Crippen LogP contribution >= 0.6 is 23.1 Å². The molecule has 32 heavy (non-hydrogen) atoms. The molecule has 0 spiro atoms. The van der Waals surface area contributed by atoms with E-state index in [-0.39, 0.29) is 5.82 Å². The lowest BCUT2D eigenvalue weighted by Crippen LogP contribution is -2.30. The zero-order valence-electron chi connectivity index (χ0n) is 17.5. The maximum absolute atomic E-state index is 13.5. The summed E-state index contributed by atoms with van der Waals surface area (Å²) in [5.41, 5.74) is 2.73. The van der Waals surface area contributed by atoms with Crippen molar-refractivity contribution < 1.29 is 4.39 Å². The first kappa shape index (κ1) is 21.2. The fourth-order valence-electron chi connectivity index (χ4n) is 3.78. The first-order valence-electron chi connectivity index (χ1n) is 10.7. The van der Waals surface area contributed by atoms with Gasteiger partial charge in [-0.15, -0.1) is 21.5 Å². The number of rotatable bonds is 7. The summed E-state index contributed by atoms with van der Waals surface area (Å²) in [7, 11) is 0. The number of halogens is 1. The molecule has 1 aliphatic rings. The minimum absolute atomic E-state index is 0.252. The quantitative estimate of drug-likeness (QED) is 0.349. The van der Waals surface area contributed by atoms with Gasteiger partial charge in [-0.2, -0.15) is 0 Å². The molecule has 0 unspecified atom stereocenters. The standard InChI is InChI=1S/C23H23FN6S2/c24-17-7-9-19(10-8-17)30-21(14-29-12-4-1-5-13-29)27-28-23(30)32-16-18-15-31-22(26-18)20-6-2-3-11-25-20/h2-3,6-11,15H,1,4-5,12-14,16H2. The Balaban J connectivity index is 1.37. The van der Waals surface area contributed by atoms with Crippen molar-refractivity contribution in [3.05, 3.63) is 71.4 Å². The van der Waals surface area contributed by atoms with Gasteiger partial charge in [0, 0.05) is 23.0 Å². The van der Waals surface area contributed by atoms with Gasteiger partial charge < -0.3 is 0 Å². The van der Waals surface area contributed by atoms with Gasteiger partial charge in [-0.05, 0) is 62.3 Å². The number of hydrogen-bond donors (Lipinski definition) is 0. The second kappa shape index (κ2) is 9.89. The maximum Gasteiger partial charge on any atom is 0.196 e. The average molecular weight is 467 g/mol. The molecule has 0 saturated carbocycles. The van der Waals surface area contributed by atoms with E-state index in [9.17, 15) is 4.39 Å². The molecule has 0 bridgehead atoms. The highest BCUT2D eigenvalue weighted by Crippen LogP contribution is 2.29. The number of thioether (sulfide) groups is 1. The minimum atomic E-state index is -0.252. The Bertz CT molecular complexity index is 1150. The van der Waals surface area contributed by atoms with Crippen molar-refractivity contribution >= 4 is 23.1 Å². The van der Waals surface area contributed by atoms with Crippen LogP contribution < -0.4 is 0 Å². The van der Waals surface area contributed by atoms with Crippen molar-refractivity contribution in [2.45, 2.75) is 36.7 Å². The van der Waals surface area contributed by atoms with Crippen molar-refractivity contribution in [1.29, 1.82) is 0 Å². The number of aromatic nitrogens is 5. The Morgan fingerprint density at radius 2 is 1.84 bits per heavy atom. The van der Waals surface area contributed by atoms with Crippen molar-refractivity contribution in [3.63, 3.8) is 0 Å². The number of hydrogen-bond acceptors (Lipinski definition) is 7. The summed E-state index contributed by atoms with van der Waals surface area (Å²) in [6.45, 7) is 2.90. The topological polar surface area (TPSA) is 59.7 Å². The first-order chi connectivity index (χ1) is 15.8. The lowest BCUT2D eigenvalue weighted by Gasteiger charge is -2.26. The van der Waals surface area contributed by atoms with Gasteiger partial charge in [0.2, 0.25) is 0 Å². The third-order valence-corrected chi connectivity index (χ3v) is 7.26. The lowest BCUT2D eigenvalue weighted by atomic mass is 10.1. The normalized spacial score (nSPS) is 14.7. The van der Waals surface area contributed by atoms with Crippen LogP contribution in [0.25, 0.3) is 16.4 Å². The van der Waals surface area contributed by atoms with E-state index in [1.165, 1.54) is 31.4 Å². The van der Waals surface area contributed by atoms with E-state index in [0.29, 0.717) is 5.75 Å². The second-order valence-corrected chi connectivity index (χ2v) is 9.50. The second-order valence-electron chi connectivity index (χ2n) is 7.70. The lowest BCUT2D eigenvalue weighted by molar-refractivity contribution is 0.214. The SMILES string of the molecule is Fc1ccc(-n2c(CN3CCCCC3)nnc2SCc2csc(-c3ccccn3)n2)cc1. The molecule has 4 heterocycles. The molecule has 1 aliphatic heterocycles. The molecule has 0 amide bonds. The van der Waals surface area contributed by atoms with Crippen LogP contribution in [-0.2, 0) is 12.3 Å². The predicted octanol–water partition coefficient (Wildman–Crippen LogP) is 5.20. The molecule has 1 saturated heterocycles. The highest BCUT2D eigenvalue weighted by atomic mass is 32.2. The van der Waals surface area contributed by atoms with Gasteiger partial charge in [0.25, 0.3) is 0 Å². The van der Waals surface area contributed by atoms with E-state index in [1.807, 2.05) is 22.8 Å². The molecule has 1 fully saturated rings. The first-order valence-corrected chi connectivity index (χ1v) is 12.5. The molecule has 1 aromatic carbocycles. The predicted molar refractivity (Wildman–Crippen MR) is 125 cm³/mol. The third kappa shape index (κ3) is 4.90. The van der Waals surface area contributed by atoms with Crippen molar-refractivity contribution in [3.8, 4) is 16.4 Å². The van der Waals surface area contributed by atoms with Gasteiger partial charge in [-0.3, -0.25) is 14.5 Å². The highest BCUT2D eigenvalue weighted by molar-refractivity contribution is 7.98. The van der Waals surface area contributed by atoms with Gasteiger partial charge >= 0.3 is 0 Å². The number of pyridine rings is 1. The van der Waals surface area contributed by atoms with E-state index >= 15 is 0 Å². The Morgan fingerprint density at radius 3 is 2.62 bits per heavy atom. The zero-order chi connectivity index (χ0) is 21.8. The molecule has 0 atom stereocenters. The van der Waals surface area contributed by atoms with Gasteiger partial charge in [-0.25, -0.2) is 9.37 Å². The molecule has 5 rings (SSSR count). The summed E-state index contributed by atoms with van der Waals surface area (Å²) in [6, 6.07) is 12.4. The van der Waals surface area contributed by atoms with Crippen LogP contribution in [0, 0.1) is 5.82 Å².